The molecule has 11 heteroatoms. The predicted octanol–water partition coefficient (Wildman–Crippen LogP) is 3.90. The van der Waals surface area contributed by atoms with Crippen molar-refractivity contribution in [2.75, 3.05) is 6.61 Å². The summed E-state index contributed by atoms with van der Waals surface area (Å²) in [6.07, 6.45) is -0.993. The third-order valence-electron chi connectivity index (χ3n) is 7.89. The van der Waals surface area contributed by atoms with Crippen molar-refractivity contribution in [2.24, 2.45) is 20.7 Å². The van der Waals surface area contributed by atoms with Crippen LogP contribution in [0.3, 0.4) is 0 Å². The van der Waals surface area contributed by atoms with Crippen LogP contribution in [-0.2, 0) is 13.6 Å². The number of nitrogens with two attached hydrogens (primary N) is 1. The second kappa shape index (κ2) is 8.81. The van der Waals surface area contributed by atoms with Gasteiger partial charge in [-0.15, -0.1) is 0 Å². The molecule has 3 heterocycles. The van der Waals surface area contributed by atoms with Gasteiger partial charge in [-0.3, -0.25) is 4.99 Å². The Labute approximate surface area is 200 Å². The van der Waals surface area contributed by atoms with Crippen LogP contribution in [0.4, 0.5) is 4.39 Å². The Hall–Kier alpha value is -1.15. The van der Waals surface area contributed by atoms with Gasteiger partial charge in [0.1, 0.15) is 30.4 Å². The van der Waals surface area contributed by atoms with Gasteiger partial charge in [0, 0.05) is 0 Å². The third kappa shape index (κ3) is 5.12. The lowest BCUT2D eigenvalue weighted by molar-refractivity contribution is -0.0667. The maximum absolute atomic E-state index is 16.1. The molecule has 6 atom stereocenters. The number of fused-ring (bicyclic) bond motifs is 1. The highest BCUT2D eigenvalue weighted by atomic mass is 28.4. The minimum Gasteiger partial charge on any atom is -0.414 e. The molecule has 0 amide bonds. The van der Waals surface area contributed by atoms with Crippen molar-refractivity contribution >= 4 is 35.1 Å². The third-order valence-corrected chi connectivity index (χ3v) is 16.9. The van der Waals surface area contributed by atoms with E-state index in [1.807, 2.05) is 0 Å². The molecule has 3 aliphatic rings. The Bertz CT molecular complexity index is 822. The van der Waals surface area contributed by atoms with Gasteiger partial charge in [0.15, 0.2) is 35.2 Å². The molecule has 1 saturated heterocycles. The van der Waals surface area contributed by atoms with Gasteiger partial charge in [0.2, 0.25) is 0 Å². The van der Waals surface area contributed by atoms with Crippen LogP contribution in [0.1, 0.15) is 41.5 Å². The fraction of sp³-hybridized carbons (Fsp3) is 0.864. The molecule has 0 radical (unpaired) electrons. The van der Waals surface area contributed by atoms with Gasteiger partial charge in [0.25, 0.3) is 0 Å². The summed E-state index contributed by atoms with van der Waals surface area (Å²) in [6.45, 7) is 21.9. The summed E-state index contributed by atoms with van der Waals surface area (Å²) < 4.78 is 35.5. The average Bonchev–Trinajstić information content (AvgIpc) is 3.21. The van der Waals surface area contributed by atoms with Crippen molar-refractivity contribution in [3.8, 4) is 0 Å². The number of rotatable bonds is 6. The minimum absolute atomic E-state index is 0.0401. The first-order valence-corrected chi connectivity index (χ1v) is 17.5. The van der Waals surface area contributed by atoms with Crippen LogP contribution in [0.2, 0.25) is 36.3 Å². The van der Waals surface area contributed by atoms with Crippen LogP contribution >= 0.6 is 0 Å². The van der Waals surface area contributed by atoms with Gasteiger partial charge in [0.05, 0.1) is 12.9 Å². The molecule has 188 valence electrons. The zero-order valence-corrected chi connectivity index (χ0v) is 23.8. The first-order valence-electron chi connectivity index (χ1n) is 11.7. The molecule has 3 rings (SSSR count). The van der Waals surface area contributed by atoms with E-state index in [-0.39, 0.29) is 10.1 Å². The minimum atomic E-state index is -2.26. The number of alkyl halides is 1. The number of amidine groups is 1. The summed E-state index contributed by atoms with van der Waals surface area (Å²) >= 11 is 0. The zero-order chi connectivity index (χ0) is 25.0. The summed E-state index contributed by atoms with van der Waals surface area (Å²) in [7, 11) is -4.32. The number of halogens is 1. The molecule has 1 fully saturated rings. The van der Waals surface area contributed by atoms with E-state index >= 15 is 4.39 Å². The number of nitrogens with zero attached hydrogens (tertiary/aromatic N) is 4. The van der Waals surface area contributed by atoms with E-state index in [2.05, 4.69) is 82.7 Å². The maximum atomic E-state index is 16.1. The van der Waals surface area contributed by atoms with Gasteiger partial charge in [-0.05, 0) is 36.3 Å². The van der Waals surface area contributed by atoms with E-state index in [0.717, 1.165) is 0 Å². The normalized spacial score (nSPS) is 32.9. The van der Waals surface area contributed by atoms with Gasteiger partial charge >= 0.3 is 0 Å². The van der Waals surface area contributed by atoms with Crippen molar-refractivity contribution in [2.45, 2.75) is 115 Å². The molecule has 3 unspecified atom stereocenters. The lowest BCUT2D eigenvalue weighted by Gasteiger charge is -2.41. The van der Waals surface area contributed by atoms with E-state index in [9.17, 15) is 0 Å². The van der Waals surface area contributed by atoms with Gasteiger partial charge < -0.3 is 24.2 Å². The first-order chi connectivity index (χ1) is 15.0. The van der Waals surface area contributed by atoms with Crippen molar-refractivity contribution in [1.82, 2.24) is 4.90 Å². The van der Waals surface area contributed by atoms with E-state index in [0.29, 0.717) is 12.4 Å². The Morgan fingerprint density at radius 1 is 1.06 bits per heavy atom. The molecule has 0 saturated carbocycles. The number of hydrogen-bond donors (Lipinski definition) is 1. The van der Waals surface area contributed by atoms with E-state index < -0.39 is 53.4 Å². The molecule has 0 aliphatic carbocycles. The Morgan fingerprint density at radius 2 is 1.67 bits per heavy atom. The number of hydrogen-bond acceptors (Lipinski definition) is 8. The highest BCUT2D eigenvalue weighted by molar-refractivity contribution is 6.74. The van der Waals surface area contributed by atoms with Crippen LogP contribution in [-0.4, -0.2) is 83.5 Å². The molecule has 33 heavy (non-hydrogen) atoms. The molecular weight excluding hydrogens is 457 g/mol. The number of aliphatic imine (C=N–C) groups is 3. The van der Waals surface area contributed by atoms with Gasteiger partial charge in [-0.1, -0.05) is 41.5 Å². The zero-order valence-electron chi connectivity index (χ0n) is 21.8. The molecule has 3 aliphatic heterocycles. The molecule has 8 nitrogen and oxygen atoms in total. The van der Waals surface area contributed by atoms with Crippen LogP contribution in [0.15, 0.2) is 15.0 Å². The van der Waals surface area contributed by atoms with Crippen LogP contribution in [0.25, 0.3) is 0 Å². The molecule has 2 N–H and O–H groups in total. The quantitative estimate of drug-likeness (QED) is 0.560. The van der Waals surface area contributed by atoms with Crippen molar-refractivity contribution < 1.29 is 18.0 Å². The highest BCUT2D eigenvalue weighted by Gasteiger charge is 2.55. The molecule has 0 aromatic carbocycles. The fourth-order valence-corrected chi connectivity index (χ4v) is 5.87. The second-order valence-corrected chi connectivity index (χ2v) is 21.9. The van der Waals surface area contributed by atoms with Crippen LogP contribution < -0.4 is 5.73 Å². The SMILES string of the molecule is CC(C)(C)[Si](C)(C)OC[C@H]1O[C@@H](N2C=NC3C(N)=NC=NC32)[C@H](F)C1O[Si](C)(C)C(C)(C)C. The predicted molar refractivity (Wildman–Crippen MR) is 137 cm³/mol. The Balaban J connectivity index is 1.84. The maximum Gasteiger partial charge on any atom is 0.192 e. The summed E-state index contributed by atoms with van der Waals surface area (Å²) in [5, 5.41) is -0.0210. The van der Waals surface area contributed by atoms with Crippen molar-refractivity contribution in [3.63, 3.8) is 0 Å². The lowest BCUT2D eigenvalue weighted by Crippen LogP contribution is -2.52. The topological polar surface area (TPSA) is 94.0 Å². The van der Waals surface area contributed by atoms with Gasteiger partial charge in [-0.25, -0.2) is 14.4 Å². The Morgan fingerprint density at radius 3 is 2.24 bits per heavy atom. The highest BCUT2D eigenvalue weighted by Crippen LogP contribution is 2.42. The summed E-state index contributed by atoms with van der Waals surface area (Å²) in [4.78, 5) is 14.5. The van der Waals surface area contributed by atoms with Crippen LogP contribution in [0, 0.1) is 0 Å². The van der Waals surface area contributed by atoms with E-state index in [1.54, 1.807) is 11.2 Å². The molecule has 0 aromatic heterocycles. The lowest BCUT2D eigenvalue weighted by atomic mass is 10.1. The summed E-state index contributed by atoms with van der Waals surface area (Å²) in [6, 6.07) is -0.423. The van der Waals surface area contributed by atoms with Crippen LogP contribution in [0.5, 0.6) is 0 Å². The van der Waals surface area contributed by atoms with E-state index in [1.165, 1.54) is 6.34 Å². The molecular formula is C22H42FN5O3Si2. The van der Waals surface area contributed by atoms with Crippen molar-refractivity contribution in [1.29, 1.82) is 0 Å². The second-order valence-electron chi connectivity index (χ2n) is 12.3. The van der Waals surface area contributed by atoms with Crippen molar-refractivity contribution in [3.05, 3.63) is 0 Å². The largest absolute Gasteiger partial charge is 0.414 e. The number of ether oxygens (including phenoxy) is 1. The van der Waals surface area contributed by atoms with Gasteiger partial charge in [-0.2, -0.15) is 0 Å². The molecule has 0 aromatic rings. The smallest absolute Gasteiger partial charge is 0.192 e. The van der Waals surface area contributed by atoms with E-state index in [4.69, 9.17) is 19.3 Å². The summed E-state index contributed by atoms with van der Waals surface area (Å²) in [5.74, 6) is 0.369. The molecule has 0 bridgehead atoms. The standard InChI is InChI=1S/C22H42FN5O3Si2/c1-21(2,3)32(7,8)29-11-14-17(31-33(9,10)22(4,5)6)15(23)20(30-14)28-13-27-16-18(24)25-12-26-19(16)28/h12-17,19-20H,11H2,1-10H3,(H2,24,25,26)/t14-,15-,16?,17?,19?,20-/m1/s1. The first kappa shape index (κ1) is 26.5. The monoisotopic (exact) mass is 499 g/mol. The molecule has 0 spiro atoms. The Kier molecular flexibility index (Phi) is 7.07. The average molecular weight is 500 g/mol. The summed E-state index contributed by atoms with van der Waals surface area (Å²) in [5.41, 5.74) is 5.99. The fourth-order valence-electron chi connectivity index (χ4n) is 3.54.